The number of nitrogens with one attached hydrogen (secondary N) is 2. The number of likely N-dealkylation sites (tertiary alicyclic amines) is 1. The van der Waals surface area contributed by atoms with E-state index in [-0.39, 0.29) is 30.1 Å². The van der Waals surface area contributed by atoms with Gasteiger partial charge in [0.2, 0.25) is 11.8 Å². The summed E-state index contributed by atoms with van der Waals surface area (Å²) in [6.45, 7) is 6.32. The highest BCUT2D eigenvalue weighted by molar-refractivity contribution is 6.39. The quantitative estimate of drug-likeness (QED) is 0.139. The van der Waals surface area contributed by atoms with Crippen molar-refractivity contribution in [3.05, 3.63) is 82.0 Å². The van der Waals surface area contributed by atoms with Crippen LogP contribution in [-0.4, -0.2) is 72.2 Å². The molecule has 0 radical (unpaired) electrons. The lowest BCUT2D eigenvalue weighted by Gasteiger charge is -2.25. The van der Waals surface area contributed by atoms with Crippen LogP contribution < -0.4 is 20.1 Å². The fourth-order valence-corrected chi connectivity index (χ4v) is 7.41. The van der Waals surface area contributed by atoms with E-state index in [1.165, 1.54) is 0 Å². The number of hydrogen-bond acceptors (Lipinski definition) is 9. The van der Waals surface area contributed by atoms with Crippen LogP contribution in [-0.2, 0) is 27.4 Å². The third kappa shape index (κ3) is 8.31. The lowest BCUT2D eigenvalue weighted by atomic mass is 9.99. The first-order valence-corrected chi connectivity index (χ1v) is 18.0. The first kappa shape index (κ1) is 36.6. The highest BCUT2D eigenvalue weighted by Crippen LogP contribution is 2.42. The van der Waals surface area contributed by atoms with Gasteiger partial charge in [0.25, 0.3) is 0 Å². The Labute approximate surface area is 308 Å². The van der Waals surface area contributed by atoms with Gasteiger partial charge in [-0.05, 0) is 57.9 Å². The molecule has 0 saturated carbocycles. The number of hydrogen-bond donors (Lipinski definition) is 2. The summed E-state index contributed by atoms with van der Waals surface area (Å²) in [7, 11) is 3.23. The maximum absolute atomic E-state index is 12.7. The van der Waals surface area contributed by atoms with Crippen molar-refractivity contribution in [3.8, 4) is 45.3 Å². The van der Waals surface area contributed by atoms with Gasteiger partial charge in [0, 0.05) is 71.7 Å². The third-order valence-electron chi connectivity index (χ3n) is 9.30. The number of methoxy groups -OCH3 is 2. The number of pyridine rings is 2. The molecule has 0 unspecified atom stereocenters. The predicted molar refractivity (Wildman–Crippen MR) is 199 cm³/mol. The molecular weight excluding hydrogens is 689 g/mol. The van der Waals surface area contributed by atoms with Gasteiger partial charge in [0.15, 0.2) is 0 Å². The Bertz CT molecular complexity index is 1900. The van der Waals surface area contributed by atoms with Gasteiger partial charge in [-0.3, -0.25) is 19.5 Å². The topological polar surface area (TPSA) is 115 Å². The van der Waals surface area contributed by atoms with E-state index in [9.17, 15) is 9.59 Å². The molecule has 2 aromatic heterocycles. The molecular formula is C39H43Cl2N5O5. The Kier molecular flexibility index (Phi) is 11.8. The van der Waals surface area contributed by atoms with E-state index in [1.807, 2.05) is 68.4 Å². The average molecular weight is 733 g/mol. The third-order valence-corrected chi connectivity index (χ3v) is 10.1. The molecule has 0 aliphatic carbocycles. The minimum absolute atomic E-state index is 0.0958. The molecule has 2 aromatic carbocycles. The summed E-state index contributed by atoms with van der Waals surface area (Å²) in [5.41, 5.74) is 6.10. The van der Waals surface area contributed by atoms with E-state index in [0.717, 1.165) is 59.2 Å². The van der Waals surface area contributed by atoms with E-state index < -0.39 is 0 Å². The molecule has 268 valence electrons. The van der Waals surface area contributed by atoms with Gasteiger partial charge in [0.05, 0.1) is 41.8 Å². The van der Waals surface area contributed by atoms with Crippen LogP contribution in [0.15, 0.2) is 60.8 Å². The summed E-state index contributed by atoms with van der Waals surface area (Å²) < 4.78 is 17.0. The number of benzene rings is 2. The average Bonchev–Trinajstić information content (AvgIpc) is 3.77. The molecule has 0 spiro atoms. The van der Waals surface area contributed by atoms with Crippen LogP contribution in [0.25, 0.3) is 33.6 Å². The van der Waals surface area contributed by atoms with Crippen molar-refractivity contribution in [2.75, 3.05) is 27.3 Å². The molecule has 2 N–H and O–H groups in total. The molecule has 0 bridgehead atoms. The zero-order valence-electron chi connectivity index (χ0n) is 29.3. The highest BCUT2D eigenvalue weighted by atomic mass is 35.5. The maximum Gasteiger partial charge on any atom is 0.323 e. The van der Waals surface area contributed by atoms with Gasteiger partial charge in [-0.1, -0.05) is 59.6 Å². The van der Waals surface area contributed by atoms with E-state index >= 15 is 0 Å². The molecule has 2 aliphatic heterocycles. The number of nitrogens with zero attached hydrogens (tertiary/aromatic N) is 3. The summed E-state index contributed by atoms with van der Waals surface area (Å²) in [6.07, 6.45) is 4.67. The Hall–Kier alpha value is -4.22. The second-order valence-corrected chi connectivity index (χ2v) is 13.9. The minimum atomic E-state index is -0.269. The summed E-state index contributed by atoms with van der Waals surface area (Å²) in [5.74, 6) is 1.09. The van der Waals surface area contributed by atoms with Crippen molar-refractivity contribution in [2.24, 2.45) is 0 Å². The van der Waals surface area contributed by atoms with Crippen molar-refractivity contribution >= 4 is 35.1 Å². The molecule has 10 nitrogen and oxygen atoms in total. The van der Waals surface area contributed by atoms with Crippen LogP contribution in [0.2, 0.25) is 10.0 Å². The van der Waals surface area contributed by atoms with Crippen LogP contribution in [0.3, 0.4) is 0 Å². The number of carbonyl (C=O) groups excluding carboxylic acids is 2. The molecule has 4 aromatic rings. The predicted octanol–water partition coefficient (Wildman–Crippen LogP) is 7.09. The van der Waals surface area contributed by atoms with Gasteiger partial charge < -0.3 is 24.8 Å². The first-order chi connectivity index (χ1) is 24.7. The largest absolute Gasteiger partial charge is 0.496 e. The lowest BCUT2D eigenvalue weighted by molar-refractivity contribution is -0.153. The van der Waals surface area contributed by atoms with Gasteiger partial charge >= 0.3 is 5.97 Å². The summed E-state index contributed by atoms with van der Waals surface area (Å²) >= 11 is 14.2. The number of aromatic nitrogens is 2. The Morgan fingerprint density at radius 3 is 2.53 bits per heavy atom. The Morgan fingerprint density at radius 1 is 1.00 bits per heavy atom. The number of rotatable bonds is 13. The Balaban J connectivity index is 1.22. The zero-order valence-corrected chi connectivity index (χ0v) is 30.8. The SMILES string of the molecule is COc1cc(-c2nccc(-c3cccc(-c4ccc(CNC[C@@H]5CCC(=O)N5)c(OC)n4)c3Cl)c2Cl)ccc1CN1CCC[C@@H]1C(=O)OC(C)C. The van der Waals surface area contributed by atoms with E-state index in [1.54, 1.807) is 20.4 Å². The molecule has 2 aliphatic rings. The smallest absolute Gasteiger partial charge is 0.323 e. The number of ether oxygens (including phenoxy) is 3. The molecule has 12 heteroatoms. The normalized spacial score (nSPS) is 17.5. The van der Waals surface area contributed by atoms with E-state index in [2.05, 4.69) is 20.5 Å². The second-order valence-electron chi connectivity index (χ2n) is 13.1. The minimum Gasteiger partial charge on any atom is -0.496 e. The van der Waals surface area contributed by atoms with Crippen LogP contribution in [0.4, 0.5) is 0 Å². The van der Waals surface area contributed by atoms with Gasteiger partial charge in [-0.15, -0.1) is 0 Å². The lowest BCUT2D eigenvalue weighted by Crippen LogP contribution is -2.37. The summed E-state index contributed by atoms with van der Waals surface area (Å²) in [6, 6.07) is 17.3. The summed E-state index contributed by atoms with van der Waals surface area (Å²) in [4.78, 5) is 35.8. The highest BCUT2D eigenvalue weighted by Gasteiger charge is 2.33. The van der Waals surface area contributed by atoms with Crippen LogP contribution in [0, 0.1) is 0 Å². The van der Waals surface area contributed by atoms with Crippen molar-refractivity contribution in [1.82, 2.24) is 25.5 Å². The van der Waals surface area contributed by atoms with Crippen molar-refractivity contribution in [3.63, 3.8) is 0 Å². The number of esters is 1. The number of amides is 1. The van der Waals surface area contributed by atoms with E-state index in [0.29, 0.717) is 59.1 Å². The van der Waals surface area contributed by atoms with E-state index in [4.69, 9.17) is 42.4 Å². The Morgan fingerprint density at radius 2 is 1.78 bits per heavy atom. The van der Waals surface area contributed by atoms with Gasteiger partial charge in [-0.2, -0.15) is 0 Å². The van der Waals surface area contributed by atoms with Crippen LogP contribution >= 0.6 is 23.2 Å². The van der Waals surface area contributed by atoms with Crippen molar-refractivity contribution in [2.45, 2.75) is 70.8 Å². The van der Waals surface area contributed by atoms with Crippen molar-refractivity contribution < 1.29 is 23.8 Å². The summed E-state index contributed by atoms with van der Waals surface area (Å²) in [5, 5.41) is 7.32. The fourth-order valence-electron chi connectivity index (χ4n) is 6.77. The second kappa shape index (κ2) is 16.4. The molecule has 2 atom stereocenters. The maximum atomic E-state index is 12.7. The molecule has 2 saturated heterocycles. The van der Waals surface area contributed by atoms with Gasteiger partial charge in [0.1, 0.15) is 11.8 Å². The molecule has 2 fully saturated rings. The van der Waals surface area contributed by atoms with Crippen LogP contribution in [0.1, 0.15) is 50.7 Å². The fraction of sp³-hybridized carbons (Fsp3) is 0.385. The van der Waals surface area contributed by atoms with Crippen LogP contribution in [0.5, 0.6) is 11.6 Å². The van der Waals surface area contributed by atoms with Crippen molar-refractivity contribution in [1.29, 1.82) is 0 Å². The molecule has 51 heavy (non-hydrogen) atoms. The molecule has 4 heterocycles. The first-order valence-electron chi connectivity index (χ1n) is 17.3. The zero-order chi connectivity index (χ0) is 36.1. The standard InChI is InChI=1S/C39H43Cl2N5O5/c1-23(2)51-39(48)32-9-6-18-46(32)22-26-11-10-24(19-33(26)49-3)37-36(41)29(16-17-43-37)28-7-5-8-30(35(28)40)31-14-12-25(38(45-31)50-4)20-42-21-27-13-15-34(47)44-27/h5,7-8,10-12,14,16-17,19,23,27,32,42H,6,9,13,15,18,20-22H2,1-4H3,(H,44,47)/t27-,32+/m0/s1. The van der Waals surface area contributed by atoms with Gasteiger partial charge in [-0.25, -0.2) is 4.98 Å². The number of carbonyl (C=O) groups is 2. The molecule has 1 amide bonds. The molecule has 6 rings (SSSR count). The monoisotopic (exact) mass is 731 g/mol. The number of halogens is 2.